The maximum absolute atomic E-state index is 15.9. The third-order valence-corrected chi connectivity index (χ3v) is 8.72. The summed E-state index contributed by atoms with van der Waals surface area (Å²) >= 11 is 0. The first-order valence-corrected chi connectivity index (χ1v) is 13.7. The van der Waals surface area contributed by atoms with Crippen LogP contribution in [0.2, 0.25) is 0 Å². The van der Waals surface area contributed by atoms with Crippen molar-refractivity contribution in [2.45, 2.75) is 69.3 Å². The lowest BCUT2D eigenvalue weighted by atomic mass is 9.86. The number of hydrogen-bond donors (Lipinski definition) is 1. The molecule has 218 valence electrons. The molecule has 1 amide bonds. The highest BCUT2D eigenvalue weighted by Crippen LogP contribution is 2.41. The van der Waals surface area contributed by atoms with Crippen LogP contribution < -0.4 is 4.90 Å². The van der Waals surface area contributed by atoms with Crippen molar-refractivity contribution < 1.29 is 37.0 Å². The zero-order valence-corrected chi connectivity index (χ0v) is 22.9. The minimum Gasteiger partial charge on any atom is -0.481 e. The number of halogens is 4. The summed E-state index contributed by atoms with van der Waals surface area (Å²) in [6.07, 6.45) is -2.60. The highest BCUT2D eigenvalue weighted by atomic mass is 19.4. The zero-order chi connectivity index (χ0) is 28.6. The van der Waals surface area contributed by atoms with Crippen molar-refractivity contribution in [2.75, 3.05) is 57.9 Å². The average molecular weight is 558 g/mol. The number of carboxylic acid groups (broad SMARTS) is 1. The third kappa shape index (κ3) is 6.34. The van der Waals surface area contributed by atoms with Gasteiger partial charge >= 0.3 is 12.1 Å². The summed E-state index contributed by atoms with van der Waals surface area (Å²) in [7, 11) is 1.59. The number of carbonyl (C=O) groups excluding carboxylic acids is 1. The van der Waals surface area contributed by atoms with Crippen LogP contribution in [0.15, 0.2) is 18.2 Å². The number of hydrogen-bond acceptors (Lipinski definition) is 5. The fourth-order valence-electron chi connectivity index (χ4n) is 6.29. The van der Waals surface area contributed by atoms with Crippen molar-refractivity contribution in [1.82, 2.24) is 9.80 Å². The Balaban J connectivity index is 1.46. The van der Waals surface area contributed by atoms with E-state index in [2.05, 4.69) is 0 Å². The normalized spacial score (nSPS) is 24.4. The van der Waals surface area contributed by atoms with Crippen molar-refractivity contribution >= 4 is 17.6 Å². The lowest BCUT2D eigenvalue weighted by Gasteiger charge is -2.39. The Labute approximate surface area is 227 Å². The molecule has 0 radical (unpaired) electrons. The van der Waals surface area contributed by atoms with Gasteiger partial charge in [0.2, 0.25) is 5.67 Å². The van der Waals surface area contributed by atoms with Crippen LogP contribution in [0.3, 0.4) is 0 Å². The van der Waals surface area contributed by atoms with E-state index in [0.717, 1.165) is 11.6 Å². The second kappa shape index (κ2) is 11.2. The summed E-state index contributed by atoms with van der Waals surface area (Å²) in [6.45, 7) is 6.21. The Hall–Kier alpha value is -2.40. The van der Waals surface area contributed by atoms with Gasteiger partial charge in [0.1, 0.15) is 0 Å². The van der Waals surface area contributed by atoms with Gasteiger partial charge in [-0.25, -0.2) is 4.39 Å². The fourth-order valence-corrected chi connectivity index (χ4v) is 6.29. The van der Waals surface area contributed by atoms with Gasteiger partial charge in [-0.15, -0.1) is 0 Å². The molecular weight excluding hydrogens is 518 g/mol. The van der Waals surface area contributed by atoms with Crippen molar-refractivity contribution in [1.29, 1.82) is 0 Å². The number of amides is 1. The lowest BCUT2D eigenvalue weighted by molar-refractivity contribution is -0.145. The molecule has 0 unspecified atom stereocenters. The van der Waals surface area contributed by atoms with E-state index >= 15 is 4.39 Å². The number of carboxylic acids is 1. The molecule has 0 spiro atoms. The predicted octanol–water partition coefficient (Wildman–Crippen LogP) is 4.55. The largest absolute Gasteiger partial charge is 0.481 e. The van der Waals surface area contributed by atoms with E-state index in [1.54, 1.807) is 12.0 Å². The Morgan fingerprint density at radius 2 is 1.69 bits per heavy atom. The topological polar surface area (TPSA) is 73.3 Å². The van der Waals surface area contributed by atoms with Crippen LogP contribution >= 0.6 is 0 Å². The zero-order valence-electron chi connectivity index (χ0n) is 22.9. The standard InChI is InChI=1S/C28H39F4N3O4/c1-26(2,18-39-3)35-15-10-27(29,17-35)25(38)34-13-6-19(7-14-34)22-5-4-21(28(30,31)32)16-23(22)33-11-8-20(9-12-33)24(36)37/h4-5,16,19-20H,6-15,17-18H2,1-3H3,(H,36,37)/t27-/m1/s1. The number of methoxy groups -OCH3 is 1. The first-order chi connectivity index (χ1) is 18.2. The summed E-state index contributed by atoms with van der Waals surface area (Å²) in [4.78, 5) is 30.0. The second-order valence-electron chi connectivity index (χ2n) is 11.8. The molecular formula is C28H39F4N3O4. The van der Waals surface area contributed by atoms with Gasteiger partial charge in [0, 0.05) is 64.0 Å². The SMILES string of the molecule is COCC(C)(C)N1CC[C@](F)(C(=O)N2CCC(c3ccc(C(F)(F)F)cc3N3CCC(C(=O)O)CC3)CC2)C1. The van der Waals surface area contributed by atoms with Crippen LogP contribution in [-0.2, 0) is 20.5 Å². The number of anilines is 1. The summed E-state index contributed by atoms with van der Waals surface area (Å²) in [5, 5.41) is 9.31. The van der Waals surface area contributed by atoms with Gasteiger partial charge < -0.3 is 19.6 Å². The number of nitrogens with zero attached hydrogens (tertiary/aromatic N) is 3. The maximum atomic E-state index is 15.9. The molecule has 3 aliphatic heterocycles. The van der Waals surface area contributed by atoms with Crippen LogP contribution in [0.1, 0.15) is 63.0 Å². The number of benzene rings is 1. The molecule has 1 aromatic carbocycles. The Bertz CT molecular complexity index is 1050. The van der Waals surface area contributed by atoms with E-state index < -0.39 is 40.7 Å². The molecule has 39 heavy (non-hydrogen) atoms. The maximum Gasteiger partial charge on any atom is 0.416 e. The number of piperidine rings is 2. The van der Waals surface area contributed by atoms with Gasteiger partial charge in [-0.05, 0) is 63.1 Å². The van der Waals surface area contributed by atoms with Crippen LogP contribution in [-0.4, -0.2) is 91.0 Å². The van der Waals surface area contributed by atoms with E-state index in [1.807, 2.05) is 23.6 Å². The minimum atomic E-state index is -4.50. The molecule has 7 nitrogen and oxygen atoms in total. The lowest BCUT2D eigenvalue weighted by Crippen LogP contribution is -2.53. The van der Waals surface area contributed by atoms with Crippen LogP contribution in [0.5, 0.6) is 0 Å². The number of likely N-dealkylation sites (tertiary alicyclic amines) is 2. The summed E-state index contributed by atoms with van der Waals surface area (Å²) < 4.78 is 61.8. The molecule has 3 saturated heterocycles. The molecule has 0 aliphatic carbocycles. The minimum absolute atomic E-state index is 0.0114. The highest BCUT2D eigenvalue weighted by Gasteiger charge is 2.50. The Morgan fingerprint density at radius 3 is 2.26 bits per heavy atom. The number of rotatable bonds is 7. The molecule has 3 fully saturated rings. The molecule has 0 saturated carbocycles. The van der Waals surface area contributed by atoms with Crippen LogP contribution in [0.25, 0.3) is 0 Å². The number of aliphatic carboxylic acids is 1. The summed E-state index contributed by atoms with van der Waals surface area (Å²) in [5.41, 5.74) is -1.85. The molecule has 3 aliphatic rings. The van der Waals surface area contributed by atoms with E-state index in [0.29, 0.717) is 70.7 Å². The summed E-state index contributed by atoms with van der Waals surface area (Å²) in [5.74, 6) is -1.97. The van der Waals surface area contributed by atoms with Crippen molar-refractivity contribution in [3.63, 3.8) is 0 Å². The Morgan fingerprint density at radius 1 is 1.05 bits per heavy atom. The molecule has 4 rings (SSSR count). The number of carbonyl (C=O) groups is 2. The molecule has 11 heteroatoms. The third-order valence-electron chi connectivity index (χ3n) is 8.72. The van der Waals surface area contributed by atoms with E-state index in [9.17, 15) is 27.9 Å². The van der Waals surface area contributed by atoms with E-state index in [-0.39, 0.29) is 18.9 Å². The van der Waals surface area contributed by atoms with E-state index in [4.69, 9.17) is 4.74 Å². The quantitative estimate of drug-likeness (QED) is 0.496. The average Bonchev–Trinajstić information content (AvgIpc) is 3.32. The van der Waals surface area contributed by atoms with Gasteiger partial charge in [-0.1, -0.05) is 6.07 Å². The molecule has 1 aromatic rings. The molecule has 0 bridgehead atoms. The van der Waals surface area contributed by atoms with Gasteiger partial charge in [-0.2, -0.15) is 13.2 Å². The number of ether oxygens (including phenoxy) is 1. The smallest absolute Gasteiger partial charge is 0.416 e. The van der Waals surface area contributed by atoms with E-state index in [1.165, 1.54) is 12.1 Å². The van der Waals surface area contributed by atoms with Crippen LogP contribution in [0, 0.1) is 5.92 Å². The first kappa shape index (κ1) is 29.6. The monoisotopic (exact) mass is 557 g/mol. The Kier molecular flexibility index (Phi) is 8.52. The van der Waals surface area contributed by atoms with Crippen molar-refractivity contribution in [3.8, 4) is 0 Å². The summed E-state index contributed by atoms with van der Waals surface area (Å²) in [6, 6.07) is 3.78. The predicted molar refractivity (Wildman–Crippen MR) is 139 cm³/mol. The van der Waals surface area contributed by atoms with Gasteiger partial charge in [0.05, 0.1) is 18.1 Å². The van der Waals surface area contributed by atoms with Gasteiger partial charge in [0.15, 0.2) is 0 Å². The first-order valence-electron chi connectivity index (χ1n) is 13.7. The highest BCUT2D eigenvalue weighted by molar-refractivity contribution is 5.86. The van der Waals surface area contributed by atoms with Crippen molar-refractivity contribution in [2.24, 2.45) is 5.92 Å². The van der Waals surface area contributed by atoms with Crippen molar-refractivity contribution in [3.05, 3.63) is 29.3 Å². The molecule has 1 atom stereocenters. The van der Waals surface area contributed by atoms with Gasteiger partial charge in [0.25, 0.3) is 5.91 Å². The second-order valence-corrected chi connectivity index (χ2v) is 11.8. The molecule has 3 heterocycles. The molecule has 0 aromatic heterocycles. The van der Waals surface area contributed by atoms with Gasteiger partial charge in [-0.3, -0.25) is 14.5 Å². The molecule has 1 N–H and O–H groups in total. The fraction of sp³-hybridized carbons (Fsp3) is 0.714. The number of alkyl halides is 4. The van der Waals surface area contributed by atoms with Crippen LogP contribution in [0.4, 0.5) is 23.2 Å².